The van der Waals surface area contributed by atoms with Gasteiger partial charge in [-0.15, -0.1) is 0 Å². The van der Waals surface area contributed by atoms with Gasteiger partial charge < -0.3 is 5.32 Å². The Kier molecular flexibility index (Phi) is 5.24. The summed E-state index contributed by atoms with van der Waals surface area (Å²) >= 11 is 0. The molecule has 0 saturated carbocycles. The van der Waals surface area contributed by atoms with Crippen molar-refractivity contribution in [2.45, 2.75) is 18.2 Å². The van der Waals surface area contributed by atoms with Gasteiger partial charge in [-0.1, -0.05) is 24.3 Å². The lowest BCUT2D eigenvalue weighted by molar-refractivity contribution is -0.116. The van der Waals surface area contributed by atoms with Crippen LogP contribution in [0.4, 0.5) is 5.82 Å². The van der Waals surface area contributed by atoms with Crippen molar-refractivity contribution in [3.05, 3.63) is 54.2 Å². The molecule has 6 nitrogen and oxygen atoms in total. The van der Waals surface area contributed by atoms with Crippen molar-refractivity contribution in [2.75, 3.05) is 11.9 Å². The number of carbonyl (C=O) groups is 1. The molecule has 0 radical (unpaired) electrons. The summed E-state index contributed by atoms with van der Waals surface area (Å²) in [5.74, 6) is 0.157. The normalized spacial score (nSPS) is 11.1. The number of aromatic nitrogens is 1. The van der Waals surface area contributed by atoms with Gasteiger partial charge in [0.2, 0.25) is 15.9 Å². The highest BCUT2D eigenvalue weighted by molar-refractivity contribution is 7.89. The van der Waals surface area contributed by atoms with Gasteiger partial charge in [0, 0.05) is 18.7 Å². The van der Waals surface area contributed by atoms with E-state index in [4.69, 9.17) is 0 Å². The number of hydrogen-bond donors (Lipinski definition) is 2. The summed E-state index contributed by atoms with van der Waals surface area (Å²) in [5, 5.41) is 2.62. The number of pyridine rings is 1. The first kappa shape index (κ1) is 16.1. The van der Waals surface area contributed by atoms with Crippen LogP contribution in [0, 0.1) is 6.92 Å². The molecule has 116 valence electrons. The van der Waals surface area contributed by atoms with E-state index in [1.54, 1.807) is 30.3 Å². The van der Waals surface area contributed by atoms with Gasteiger partial charge in [0.1, 0.15) is 5.82 Å². The largest absolute Gasteiger partial charge is 0.311 e. The fourth-order valence-electron chi connectivity index (χ4n) is 1.80. The molecule has 0 aliphatic carbocycles. The minimum atomic E-state index is -3.58. The van der Waals surface area contributed by atoms with Crippen molar-refractivity contribution in [1.82, 2.24) is 9.71 Å². The van der Waals surface area contributed by atoms with Gasteiger partial charge in [0.25, 0.3) is 0 Å². The number of anilines is 1. The van der Waals surface area contributed by atoms with E-state index in [1.807, 2.05) is 13.0 Å². The van der Waals surface area contributed by atoms with Crippen LogP contribution in [-0.4, -0.2) is 25.9 Å². The smallest absolute Gasteiger partial charge is 0.240 e. The quantitative estimate of drug-likeness (QED) is 0.848. The molecule has 0 saturated heterocycles. The topological polar surface area (TPSA) is 88.2 Å². The summed E-state index contributed by atoms with van der Waals surface area (Å²) < 4.78 is 26.3. The van der Waals surface area contributed by atoms with Gasteiger partial charge in [0.15, 0.2) is 0 Å². The number of aryl methyl sites for hydroxylation is 1. The molecule has 0 aliphatic rings. The van der Waals surface area contributed by atoms with E-state index in [-0.39, 0.29) is 23.8 Å². The van der Waals surface area contributed by atoms with E-state index < -0.39 is 10.0 Å². The van der Waals surface area contributed by atoms with Crippen LogP contribution >= 0.6 is 0 Å². The van der Waals surface area contributed by atoms with Crippen LogP contribution in [0.25, 0.3) is 0 Å². The maximum atomic E-state index is 12.0. The molecular weight excluding hydrogens is 302 g/mol. The summed E-state index contributed by atoms with van der Waals surface area (Å²) in [6.45, 7) is 1.85. The number of sulfonamides is 1. The summed E-state index contributed by atoms with van der Waals surface area (Å²) in [4.78, 5) is 16.1. The molecular formula is C15H17N3O3S. The van der Waals surface area contributed by atoms with Crippen LogP contribution in [0.5, 0.6) is 0 Å². The zero-order valence-electron chi connectivity index (χ0n) is 12.1. The number of rotatable bonds is 6. The molecule has 0 spiro atoms. The monoisotopic (exact) mass is 319 g/mol. The van der Waals surface area contributed by atoms with Crippen LogP contribution in [0.2, 0.25) is 0 Å². The molecule has 0 atom stereocenters. The van der Waals surface area contributed by atoms with Crippen molar-refractivity contribution >= 4 is 21.7 Å². The zero-order valence-corrected chi connectivity index (χ0v) is 12.9. The van der Waals surface area contributed by atoms with Crippen molar-refractivity contribution in [3.8, 4) is 0 Å². The fourth-order valence-corrected chi connectivity index (χ4v) is 2.85. The summed E-state index contributed by atoms with van der Waals surface area (Å²) in [5.41, 5.74) is 0.794. The van der Waals surface area contributed by atoms with Crippen molar-refractivity contribution < 1.29 is 13.2 Å². The zero-order chi connectivity index (χ0) is 16.0. The predicted molar refractivity (Wildman–Crippen MR) is 83.9 cm³/mol. The molecule has 2 aromatic rings. The number of benzene rings is 1. The molecule has 22 heavy (non-hydrogen) atoms. The minimum absolute atomic E-state index is 0.0227. The average Bonchev–Trinajstić information content (AvgIpc) is 2.48. The second-order valence-corrected chi connectivity index (χ2v) is 6.44. The molecule has 0 bridgehead atoms. The second-order valence-electron chi connectivity index (χ2n) is 4.67. The number of nitrogens with zero attached hydrogens (tertiary/aromatic N) is 1. The van der Waals surface area contributed by atoms with Gasteiger partial charge in [0.05, 0.1) is 4.90 Å². The molecule has 1 aromatic heterocycles. The molecule has 2 N–H and O–H groups in total. The fraction of sp³-hybridized carbons (Fsp3) is 0.200. The van der Waals surface area contributed by atoms with Gasteiger partial charge in [-0.2, -0.15) is 0 Å². The highest BCUT2D eigenvalue weighted by atomic mass is 32.2. The predicted octanol–water partition coefficient (Wildman–Crippen LogP) is 1.70. The van der Waals surface area contributed by atoms with Gasteiger partial charge in [-0.25, -0.2) is 18.1 Å². The van der Waals surface area contributed by atoms with Crippen molar-refractivity contribution in [2.24, 2.45) is 0 Å². The molecule has 0 unspecified atom stereocenters. The van der Waals surface area contributed by atoms with E-state index >= 15 is 0 Å². The molecule has 2 rings (SSSR count). The van der Waals surface area contributed by atoms with Gasteiger partial charge in [-0.3, -0.25) is 4.79 Å². The maximum Gasteiger partial charge on any atom is 0.240 e. The van der Waals surface area contributed by atoms with Crippen molar-refractivity contribution in [1.29, 1.82) is 0 Å². The first-order valence-electron chi connectivity index (χ1n) is 6.75. The molecule has 1 amide bonds. The lowest BCUT2D eigenvalue weighted by Gasteiger charge is -2.07. The Morgan fingerprint density at radius 3 is 2.50 bits per heavy atom. The Morgan fingerprint density at radius 2 is 1.82 bits per heavy atom. The van der Waals surface area contributed by atoms with Crippen molar-refractivity contribution in [3.63, 3.8) is 0 Å². The Hall–Kier alpha value is -2.25. The maximum absolute atomic E-state index is 12.0. The molecule has 0 aliphatic heterocycles. The summed E-state index contributed by atoms with van der Waals surface area (Å²) in [7, 11) is -3.58. The van der Waals surface area contributed by atoms with Crippen LogP contribution in [0.15, 0.2) is 53.4 Å². The number of hydrogen-bond acceptors (Lipinski definition) is 4. The first-order valence-corrected chi connectivity index (χ1v) is 8.24. The third-order valence-electron chi connectivity index (χ3n) is 2.85. The molecule has 7 heteroatoms. The van der Waals surface area contributed by atoms with Gasteiger partial charge >= 0.3 is 0 Å². The van der Waals surface area contributed by atoms with E-state index in [1.165, 1.54) is 12.1 Å². The number of carbonyl (C=O) groups excluding carboxylic acids is 1. The third-order valence-corrected chi connectivity index (χ3v) is 4.33. The van der Waals surface area contributed by atoms with Crippen LogP contribution < -0.4 is 10.0 Å². The summed E-state index contributed by atoms with van der Waals surface area (Å²) in [6, 6.07) is 13.3. The van der Waals surface area contributed by atoms with Crippen LogP contribution in [0.1, 0.15) is 12.1 Å². The van der Waals surface area contributed by atoms with E-state index in [0.29, 0.717) is 5.82 Å². The number of amides is 1. The van der Waals surface area contributed by atoms with Gasteiger partial charge in [-0.05, 0) is 31.2 Å². The lowest BCUT2D eigenvalue weighted by atomic mass is 10.3. The first-order chi connectivity index (χ1) is 10.5. The Bertz CT molecular complexity index is 746. The second kappa shape index (κ2) is 7.15. The highest BCUT2D eigenvalue weighted by Gasteiger charge is 2.13. The third kappa shape index (κ3) is 4.64. The Balaban J connectivity index is 1.85. The van der Waals surface area contributed by atoms with E-state index in [0.717, 1.165) is 5.69 Å². The average molecular weight is 319 g/mol. The minimum Gasteiger partial charge on any atom is -0.311 e. The highest BCUT2D eigenvalue weighted by Crippen LogP contribution is 2.07. The standard InChI is InChI=1S/C15H17N3O3S/c1-12-6-5-9-14(17-12)18-15(19)10-11-16-22(20,21)13-7-3-2-4-8-13/h2-9,16H,10-11H2,1H3,(H,17,18,19). The van der Waals surface area contributed by atoms with E-state index in [2.05, 4.69) is 15.0 Å². The molecule has 1 aromatic carbocycles. The van der Waals surface area contributed by atoms with Crippen LogP contribution in [0.3, 0.4) is 0 Å². The Morgan fingerprint density at radius 1 is 1.09 bits per heavy atom. The molecule has 0 fully saturated rings. The van der Waals surface area contributed by atoms with E-state index in [9.17, 15) is 13.2 Å². The van der Waals surface area contributed by atoms with Crippen LogP contribution in [-0.2, 0) is 14.8 Å². The SMILES string of the molecule is Cc1cccc(NC(=O)CCNS(=O)(=O)c2ccccc2)n1. The summed E-state index contributed by atoms with van der Waals surface area (Å²) in [6.07, 6.45) is 0.0294. The lowest BCUT2D eigenvalue weighted by Crippen LogP contribution is -2.28. The Labute approximate surface area is 129 Å². The number of nitrogens with one attached hydrogen (secondary N) is 2. The molecule has 1 heterocycles.